The monoisotopic (exact) mass is 220 g/mol. The third-order valence-corrected chi connectivity index (χ3v) is 3.47. The zero-order valence-electron chi connectivity index (χ0n) is 10.1. The van der Waals surface area contributed by atoms with Gasteiger partial charge in [-0.1, -0.05) is 6.42 Å². The molecule has 2 rings (SSSR count). The number of rotatable bonds is 4. The number of ether oxygens (including phenoxy) is 1. The van der Waals surface area contributed by atoms with Gasteiger partial charge < -0.3 is 10.5 Å². The Morgan fingerprint density at radius 1 is 1.44 bits per heavy atom. The van der Waals surface area contributed by atoms with E-state index in [-0.39, 0.29) is 0 Å². The first-order valence-corrected chi connectivity index (χ1v) is 5.83. The molecule has 1 aliphatic rings. The lowest BCUT2D eigenvalue weighted by molar-refractivity contribution is 0.153. The van der Waals surface area contributed by atoms with Crippen LogP contribution in [0.3, 0.4) is 0 Å². The molecule has 0 aromatic heterocycles. The van der Waals surface area contributed by atoms with Gasteiger partial charge in [0.05, 0.1) is 7.11 Å². The Hall–Kier alpha value is -1.22. The van der Waals surface area contributed by atoms with Gasteiger partial charge in [-0.25, -0.2) is 0 Å². The van der Waals surface area contributed by atoms with Gasteiger partial charge in [0.15, 0.2) is 0 Å². The molecule has 1 fully saturated rings. The van der Waals surface area contributed by atoms with Gasteiger partial charge in [-0.15, -0.1) is 0 Å². The third-order valence-electron chi connectivity index (χ3n) is 3.47. The first kappa shape index (κ1) is 11.3. The summed E-state index contributed by atoms with van der Waals surface area (Å²) in [6.07, 6.45) is 4.00. The van der Waals surface area contributed by atoms with Crippen LogP contribution in [0.5, 0.6) is 5.75 Å². The average molecular weight is 220 g/mol. The van der Waals surface area contributed by atoms with Gasteiger partial charge in [0.2, 0.25) is 0 Å². The maximum atomic E-state index is 5.97. The quantitative estimate of drug-likeness (QED) is 0.791. The van der Waals surface area contributed by atoms with Gasteiger partial charge in [0, 0.05) is 18.3 Å². The van der Waals surface area contributed by atoms with Crippen LogP contribution >= 0.6 is 0 Å². The van der Waals surface area contributed by atoms with Crippen molar-refractivity contribution < 1.29 is 4.74 Å². The van der Waals surface area contributed by atoms with E-state index in [0.717, 1.165) is 29.6 Å². The van der Waals surface area contributed by atoms with E-state index in [0.29, 0.717) is 0 Å². The maximum absolute atomic E-state index is 5.97. The SMILES string of the molecule is COc1ccc(N)c(CN(C)C2CCC2)c1. The number of anilines is 1. The van der Waals surface area contributed by atoms with E-state index in [1.807, 2.05) is 18.2 Å². The van der Waals surface area contributed by atoms with Crippen LogP contribution < -0.4 is 10.5 Å². The molecule has 16 heavy (non-hydrogen) atoms. The molecule has 3 nitrogen and oxygen atoms in total. The van der Waals surface area contributed by atoms with E-state index in [4.69, 9.17) is 10.5 Å². The van der Waals surface area contributed by atoms with Crippen molar-refractivity contribution in [1.82, 2.24) is 4.90 Å². The highest BCUT2D eigenvalue weighted by atomic mass is 16.5. The summed E-state index contributed by atoms with van der Waals surface area (Å²) in [6.45, 7) is 0.910. The normalized spacial score (nSPS) is 16.2. The molecule has 2 N–H and O–H groups in total. The van der Waals surface area contributed by atoms with Crippen molar-refractivity contribution in [3.8, 4) is 5.75 Å². The molecular formula is C13H20N2O. The molecule has 0 saturated heterocycles. The molecule has 1 saturated carbocycles. The highest BCUT2D eigenvalue weighted by molar-refractivity contribution is 5.50. The van der Waals surface area contributed by atoms with Crippen LogP contribution in [0.25, 0.3) is 0 Å². The zero-order valence-corrected chi connectivity index (χ0v) is 10.1. The summed E-state index contributed by atoms with van der Waals surface area (Å²) in [4.78, 5) is 2.38. The van der Waals surface area contributed by atoms with Crippen LogP contribution in [-0.4, -0.2) is 25.1 Å². The second-order valence-electron chi connectivity index (χ2n) is 4.56. The number of hydrogen-bond donors (Lipinski definition) is 1. The Morgan fingerprint density at radius 2 is 2.19 bits per heavy atom. The van der Waals surface area contributed by atoms with Crippen LogP contribution in [0.1, 0.15) is 24.8 Å². The Bertz CT molecular complexity index is 361. The van der Waals surface area contributed by atoms with Crippen molar-refractivity contribution in [3.63, 3.8) is 0 Å². The minimum atomic E-state index is 0.741. The highest BCUT2D eigenvalue weighted by Crippen LogP contribution is 2.27. The Labute approximate surface area is 97.2 Å². The lowest BCUT2D eigenvalue weighted by atomic mass is 9.91. The molecule has 0 amide bonds. The summed E-state index contributed by atoms with van der Waals surface area (Å²) in [6, 6.07) is 6.60. The van der Waals surface area contributed by atoms with Crippen molar-refractivity contribution in [2.45, 2.75) is 31.8 Å². The minimum Gasteiger partial charge on any atom is -0.497 e. The fourth-order valence-electron chi connectivity index (χ4n) is 2.07. The van der Waals surface area contributed by atoms with E-state index in [2.05, 4.69) is 11.9 Å². The molecule has 3 heteroatoms. The zero-order chi connectivity index (χ0) is 11.5. The first-order chi connectivity index (χ1) is 7.70. The number of nitrogens with zero attached hydrogens (tertiary/aromatic N) is 1. The number of nitrogens with two attached hydrogens (primary N) is 1. The summed E-state index contributed by atoms with van der Waals surface area (Å²) >= 11 is 0. The maximum Gasteiger partial charge on any atom is 0.119 e. The Morgan fingerprint density at radius 3 is 2.75 bits per heavy atom. The molecule has 1 aliphatic carbocycles. The van der Waals surface area contributed by atoms with E-state index in [9.17, 15) is 0 Å². The minimum absolute atomic E-state index is 0.741. The van der Waals surface area contributed by atoms with E-state index >= 15 is 0 Å². The van der Waals surface area contributed by atoms with Crippen LogP contribution in [0.2, 0.25) is 0 Å². The fourth-order valence-corrected chi connectivity index (χ4v) is 2.07. The molecule has 1 aromatic rings. The predicted octanol–water partition coefficient (Wildman–Crippen LogP) is 2.26. The van der Waals surface area contributed by atoms with Gasteiger partial charge in [-0.05, 0) is 43.7 Å². The lowest BCUT2D eigenvalue weighted by Gasteiger charge is -2.35. The van der Waals surface area contributed by atoms with Gasteiger partial charge in [0.25, 0.3) is 0 Å². The molecule has 0 atom stereocenters. The fraction of sp³-hybridized carbons (Fsp3) is 0.538. The summed E-state index contributed by atoms with van der Waals surface area (Å²) in [7, 11) is 3.85. The van der Waals surface area contributed by atoms with Gasteiger partial charge >= 0.3 is 0 Å². The van der Waals surface area contributed by atoms with E-state index in [1.54, 1.807) is 7.11 Å². The summed E-state index contributed by atoms with van der Waals surface area (Å²) < 4.78 is 5.22. The summed E-state index contributed by atoms with van der Waals surface area (Å²) in [5, 5.41) is 0. The van der Waals surface area contributed by atoms with Crippen molar-refractivity contribution in [2.24, 2.45) is 0 Å². The molecule has 0 spiro atoms. The molecule has 0 unspecified atom stereocenters. The van der Waals surface area contributed by atoms with Crippen molar-refractivity contribution in [1.29, 1.82) is 0 Å². The second kappa shape index (κ2) is 4.74. The van der Waals surface area contributed by atoms with Crippen molar-refractivity contribution in [2.75, 3.05) is 19.9 Å². The molecule has 0 aliphatic heterocycles. The molecular weight excluding hydrogens is 200 g/mol. The van der Waals surface area contributed by atoms with Crippen molar-refractivity contribution in [3.05, 3.63) is 23.8 Å². The smallest absolute Gasteiger partial charge is 0.119 e. The molecule has 0 heterocycles. The molecule has 0 bridgehead atoms. The molecule has 0 radical (unpaired) electrons. The number of methoxy groups -OCH3 is 1. The largest absolute Gasteiger partial charge is 0.497 e. The Balaban J connectivity index is 2.06. The summed E-state index contributed by atoms with van der Waals surface area (Å²) in [5.74, 6) is 0.881. The average Bonchev–Trinajstić information content (AvgIpc) is 2.18. The van der Waals surface area contributed by atoms with E-state index < -0.39 is 0 Å². The first-order valence-electron chi connectivity index (χ1n) is 5.83. The Kier molecular flexibility index (Phi) is 3.34. The lowest BCUT2D eigenvalue weighted by Crippen LogP contribution is -2.36. The number of hydrogen-bond acceptors (Lipinski definition) is 3. The van der Waals surface area contributed by atoms with Crippen LogP contribution in [0.15, 0.2) is 18.2 Å². The molecule has 1 aromatic carbocycles. The third kappa shape index (κ3) is 2.30. The second-order valence-corrected chi connectivity index (χ2v) is 4.56. The number of nitrogen functional groups attached to an aromatic ring is 1. The highest BCUT2D eigenvalue weighted by Gasteiger charge is 2.22. The van der Waals surface area contributed by atoms with Gasteiger partial charge in [0.1, 0.15) is 5.75 Å². The van der Waals surface area contributed by atoms with Gasteiger partial charge in [-0.2, -0.15) is 0 Å². The predicted molar refractivity (Wildman–Crippen MR) is 66.5 cm³/mol. The standard InChI is InChI=1S/C13H20N2O/c1-15(11-4-3-5-11)9-10-8-12(16-2)6-7-13(10)14/h6-8,11H,3-5,9,14H2,1-2H3. The molecule has 88 valence electrons. The van der Waals surface area contributed by atoms with E-state index in [1.165, 1.54) is 19.3 Å². The topological polar surface area (TPSA) is 38.5 Å². The van der Waals surface area contributed by atoms with Crippen LogP contribution in [0.4, 0.5) is 5.69 Å². The van der Waals surface area contributed by atoms with Crippen LogP contribution in [0, 0.1) is 0 Å². The van der Waals surface area contributed by atoms with Crippen molar-refractivity contribution >= 4 is 5.69 Å². The van der Waals surface area contributed by atoms with Gasteiger partial charge in [-0.3, -0.25) is 4.90 Å². The summed E-state index contributed by atoms with van der Waals surface area (Å²) in [5.41, 5.74) is 7.98. The van der Waals surface area contributed by atoms with Crippen LogP contribution in [-0.2, 0) is 6.54 Å². The number of benzene rings is 1.